The maximum absolute atomic E-state index is 13.9. The van der Waals surface area contributed by atoms with Crippen LogP contribution in [0.15, 0.2) is 54.6 Å². The summed E-state index contributed by atoms with van der Waals surface area (Å²) in [5, 5.41) is 103. The van der Waals surface area contributed by atoms with E-state index in [-0.39, 0.29) is 112 Å². The Kier molecular flexibility index (Phi) is 59.5. The van der Waals surface area contributed by atoms with Gasteiger partial charge in [-0.05, 0) is 34.0 Å². The van der Waals surface area contributed by atoms with Crippen molar-refractivity contribution in [3.05, 3.63) is 60.2 Å². The lowest BCUT2D eigenvalue weighted by molar-refractivity contribution is -0.148. The van der Waals surface area contributed by atoms with E-state index < -0.39 is 333 Å². The van der Waals surface area contributed by atoms with Gasteiger partial charge in [0.25, 0.3) is 0 Å². The second-order valence-electron chi connectivity index (χ2n) is 30.1. The third kappa shape index (κ3) is 56.4. The number of hydrogen-bond acceptors (Lipinski definition) is 33. The Morgan fingerprint density at radius 2 is 0.604 bits per heavy atom. The van der Waals surface area contributed by atoms with Crippen LogP contribution in [0.25, 0.3) is 21.5 Å². The molecule has 0 spiro atoms. The largest absolute Gasteiger partial charge is 0.481 e. The van der Waals surface area contributed by atoms with E-state index in [1.165, 1.54) is 0 Å². The minimum absolute atomic E-state index is 0.0253. The molecule has 3 aromatic rings. The van der Waals surface area contributed by atoms with Gasteiger partial charge in [0.05, 0.1) is 255 Å². The highest BCUT2D eigenvalue weighted by Gasteiger charge is 2.38. The van der Waals surface area contributed by atoms with Crippen molar-refractivity contribution in [2.75, 3.05) is 205 Å². The van der Waals surface area contributed by atoms with Gasteiger partial charge in [-0.15, -0.1) is 0 Å². The van der Waals surface area contributed by atoms with Gasteiger partial charge in [-0.2, -0.15) is 0 Å². The number of carbonyl (C=O) groups is 17. The Morgan fingerprint density at radius 3 is 0.925 bits per heavy atom. The average Bonchev–Trinajstić information content (AvgIpc) is 0.775. The number of amides is 8. The van der Waals surface area contributed by atoms with Crippen molar-refractivity contribution >= 4 is 123 Å². The molecule has 50 nitrogen and oxygen atoms in total. The van der Waals surface area contributed by atoms with Gasteiger partial charge in [-0.25, -0.2) is 9.59 Å². The lowest BCUT2D eigenvalue weighted by Gasteiger charge is -2.34. The van der Waals surface area contributed by atoms with Gasteiger partial charge in [0.15, 0.2) is 0 Å². The third-order valence-electron chi connectivity index (χ3n) is 18.3. The van der Waals surface area contributed by atoms with Crippen LogP contribution in [0.2, 0.25) is 0 Å². The number of carbonyl (C=O) groups excluding carboxylic acids is 8. The van der Waals surface area contributed by atoms with Crippen molar-refractivity contribution in [2.45, 2.75) is 138 Å². The van der Waals surface area contributed by atoms with Gasteiger partial charge in [0, 0.05) is 44.2 Å². The Labute approximate surface area is 768 Å². The molecule has 3 rings (SSSR count). The zero-order chi connectivity index (χ0) is 98.8. The van der Waals surface area contributed by atoms with Crippen LogP contribution in [0, 0.1) is 0 Å². The summed E-state index contributed by atoms with van der Waals surface area (Å²) in [5.41, 5.74) is 1.04. The molecule has 0 fully saturated rings. The number of nitrogens with two attached hydrogens (primary N) is 1. The van der Waals surface area contributed by atoms with E-state index in [1.807, 2.05) is 54.6 Å². The van der Waals surface area contributed by atoms with Crippen LogP contribution in [0.3, 0.4) is 0 Å². The molecule has 134 heavy (non-hydrogen) atoms. The average molecular weight is 1920 g/mol. The molecule has 0 bridgehead atoms. The summed E-state index contributed by atoms with van der Waals surface area (Å²) in [5.74, 6) is -16.2. The van der Waals surface area contributed by atoms with E-state index >= 15 is 0 Å². The maximum Gasteiger partial charge on any atom is 0.407 e. The molecule has 2 unspecified atom stereocenters. The maximum atomic E-state index is 13.9. The molecule has 2 atom stereocenters. The highest BCUT2D eigenvalue weighted by atomic mass is 16.6. The fourth-order valence-electron chi connectivity index (χ4n) is 11.9. The second kappa shape index (κ2) is 68.4. The Bertz CT molecular complexity index is 3970. The molecule has 50 heteroatoms. The molecule has 8 amide bonds. The molecule has 0 saturated carbocycles. The van der Waals surface area contributed by atoms with E-state index in [9.17, 15) is 127 Å². The summed E-state index contributed by atoms with van der Waals surface area (Å²) < 4.78 is 90.1. The Balaban J connectivity index is 1.91. The molecule has 0 heterocycles. The monoisotopic (exact) mass is 1920 g/mol. The molecule has 0 aromatic heterocycles. The van der Waals surface area contributed by atoms with Gasteiger partial charge >= 0.3 is 59.8 Å². The number of carboxylic acids is 9. The topological polar surface area (TPSA) is 721 Å². The van der Waals surface area contributed by atoms with Gasteiger partial charge < -0.3 is 159 Å². The lowest BCUT2D eigenvalue weighted by atomic mass is 9.97. The van der Waals surface area contributed by atoms with Crippen LogP contribution in [-0.2, 0) is 159 Å². The van der Waals surface area contributed by atoms with E-state index in [0.29, 0.717) is 0 Å². The summed E-state index contributed by atoms with van der Waals surface area (Å²) >= 11 is 0. The zero-order valence-electron chi connectivity index (χ0n) is 74.3. The van der Waals surface area contributed by atoms with Crippen LogP contribution >= 0.6 is 0 Å². The summed E-state index contributed by atoms with van der Waals surface area (Å²) in [4.78, 5) is 210. The number of fused-ring (bicyclic) bond motifs is 2. The van der Waals surface area contributed by atoms with Gasteiger partial charge in [-0.1, -0.05) is 48.5 Å². The number of carboxylic acid groups (broad SMARTS) is 9. The molecular formula is C84H124N8O42. The SMILES string of the molecule is NC(=O)CCOCN(COCCC(=O)NC(COCCC(=O)O)(COCCC(=O)O)COCCC(=O)O)C(=O)CCOCC(COCCC(=O)NC(COCCC(=O)NC(COCCC(=O)O)(COCCC(=O)O)COCCC(=O)O)COCCC(=O)NC(COCCC(=O)O)(COCCC(=O)O)COCC(=O)O)NC(=O)CCCNC(=O)OCc1c2ccccc2cc2ccccc12. The Morgan fingerprint density at radius 1 is 0.321 bits per heavy atom. The normalized spacial score (nSPS) is 12.0. The van der Waals surface area contributed by atoms with Crippen molar-refractivity contribution in [3.63, 3.8) is 0 Å². The van der Waals surface area contributed by atoms with E-state index in [2.05, 4.69) is 31.9 Å². The number of rotatable bonds is 85. The van der Waals surface area contributed by atoms with E-state index in [0.717, 1.165) is 32.0 Å². The first-order valence-electron chi connectivity index (χ1n) is 42.5. The number of benzene rings is 3. The van der Waals surface area contributed by atoms with Gasteiger partial charge in [0.1, 0.15) is 43.3 Å². The summed E-state index contributed by atoms with van der Waals surface area (Å²) in [6.07, 6.45) is -7.07. The van der Waals surface area contributed by atoms with Crippen molar-refractivity contribution in [1.82, 2.24) is 36.8 Å². The molecule has 3 aromatic carbocycles. The lowest BCUT2D eigenvalue weighted by Crippen LogP contribution is -2.59. The highest BCUT2D eigenvalue weighted by Crippen LogP contribution is 2.29. The number of ether oxygens (including phenoxy) is 16. The number of nitrogens with one attached hydrogen (secondary N) is 6. The highest BCUT2D eigenvalue weighted by molar-refractivity contribution is 6.02. The number of hydrogen-bond donors (Lipinski definition) is 16. The molecule has 0 radical (unpaired) electrons. The third-order valence-corrected chi connectivity index (χ3v) is 18.3. The number of alkyl carbamates (subject to hydrolysis) is 1. The van der Waals surface area contributed by atoms with Crippen LogP contribution in [-0.4, -0.2) is 386 Å². The zero-order valence-corrected chi connectivity index (χ0v) is 74.3. The predicted octanol–water partition coefficient (Wildman–Crippen LogP) is -0.765. The number of aliphatic carboxylic acids is 9. The quantitative estimate of drug-likeness (QED) is 0.0187. The van der Waals surface area contributed by atoms with Crippen LogP contribution in [0.5, 0.6) is 0 Å². The Hall–Kier alpha value is -11.6. The predicted molar refractivity (Wildman–Crippen MR) is 457 cm³/mol. The first-order valence-corrected chi connectivity index (χ1v) is 42.5. The minimum atomic E-state index is -1.74. The van der Waals surface area contributed by atoms with Gasteiger partial charge in [-0.3, -0.25) is 76.8 Å². The van der Waals surface area contributed by atoms with Crippen molar-refractivity contribution < 1.29 is 203 Å². The first-order chi connectivity index (χ1) is 64.0. The number of primary amides is 1. The van der Waals surface area contributed by atoms with Crippen molar-refractivity contribution in [3.8, 4) is 0 Å². The summed E-state index contributed by atoms with van der Waals surface area (Å²) in [6.45, 7) is -13.1. The van der Waals surface area contributed by atoms with Crippen LogP contribution < -0.4 is 37.6 Å². The van der Waals surface area contributed by atoms with Crippen molar-refractivity contribution in [1.29, 1.82) is 0 Å². The van der Waals surface area contributed by atoms with E-state index in [1.54, 1.807) is 0 Å². The molecule has 0 aliphatic heterocycles. The standard InChI is InChI=1S/C84H124N8O42/c85-65(93)11-26-131-56-92(57-132-30-15-70(98)90-83(50-126-35-20-75(106)107,51-127-36-21-76(108)109)52-128-37-22-77(110)111)71(99)16-31-122-44-60(87-66(94)10-5-25-86-81(118)134-45-64-62-8-3-1-6-58(62)40-59-7-2-4-9-63(59)64)41-119-27-12-67(95)88-61(43-121-29-14-69(97)91-84(55-133-46-80(116)117,53-129-38-23-78(112)113)54-130-39-24-79(114)115)42-120-28-13-68(96)89-82(47-123-32-17-72(100)101,48-124-33-18-73(102)103)49-125-34-19-74(104)105/h1-4,6-9,40,60-61H,5,10-39,41-57H2,(H2,85,93)(H,86,118)(H,87,94)(H,88,95)(H,89,96)(H,90,98)(H,91,97)(H,100,101)(H,102,103)(H,104,105)(H,106,107)(H,108,109)(H,110,111)(H,112,113)(H,114,115)(H,116,117). The van der Waals surface area contributed by atoms with E-state index in [4.69, 9.17) is 81.5 Å². The molecule has 0 saturated heterocycles. The number of nitrogens with zero attached hydrogens (tertiary/aromatic N) is 1. The fourth-order valence-corrected chi connectivity index (χ4v) is 11.9. The summed E-state index contributed by atoms with van der Waals surface area (Å²) in [7, 11) is 0. The molecule has 17 N–H and O–H groups in total. The second-order valence-corrected chi connectivity index (χ2v) is 30.1. The smallest absolute Gasteiger partial charge is 0.407 e. The molecular weight excluding hydrogens is 1790 g/mol. The minimum Gasteiger partial charge on any atom is -0.481 e. The van der Waals surface area contributed by atoms with Gasteiger partial charge in [0.2, 0.25) is 41.4 Å². The molecule has 0 aliphatic carbocycles. The first kappa shape index (κ1) is 117. The van der Waals surface area contributed by atoms with Crippen molar-refractivity contribution in [2.24, 2.45) is 5.73 Å². The van der Waals surface area contributed by atoms with Crippen LogP contribution in [0.4, 0.5) is 4.79 Å². The van der Waals surface area contributed by atoms with Crippen LogP contribution in [0.1, 0.15) is 108 Å². The fraction of sp³-hybridized carbons (Fsp3) is 0.631. The summed E-state index contributed by atoms with van der Waals surface area (Å²) in [6, 6.07) is 15.1. The molecule has 752 valence electrons. The molecule has 0 aliphatic rings.